The molecule has 2 aromatic rings. The molecule has 0 radical (unpaired) electrons. The molecule has 1 fully saturated rings. The van der Waals surface area contributed by atoms with Crippen LogP contribution in [0, 0.1) is 11.5 Å². The number of aliphatic hydroxyl groups excluding tert-OH is 1. The van der Waals surface area contributed by atoms with E-state index in [0.29, 0.717) is 41.4 Å². The van der Waals surface area contributed by atoms with Crippen LogP contribution in [0.5, 0.6) is 5.75 Å². The number of guanidine groups is 1. The van der Waals surface area contributed by atoms with Crippen LogP contribution in [0.3, 0.4) is 0 Å². The van der Waals surface area contributed by atoms with Crippen molar-refractivity contribution in [3.8, 4) is 11.9 Å². The average Bonchev–Trinajstić information content (AvgIpc) is 2.92. The minimum absolute atomic E-state index is 0.0332. The van der Waals surface area contributed by atoms with Crippen molar-refractivity contribution in [2.45, 2.75) is 68.7 Å². The van der Waals surface area contributed by atoms with Gasteiger partial charge in [-0.05, 0) is 76.1 Å². The van der Waals surface area contributed by atoms with Crippen LogP contribution < -0.4 is 20.7 Å². The van der Waals surface area contributed by atoms with Crippen molar-refractivity contribution >= 4 is 39.2 Å². The number of fused-ring (bicyclic) bond motifs is 1. The van der Waals surface area contributed by atoms with Crippen molar-refractivity contribution in [1.82, 2.24) is 14.9 Å². The van der Waals surface area contributed by atoms with E-state index in [4.69, 9.17) is 16.3 Å². The van der Waals surface area contributed by atoms with Gasteiger partial charge in [0.1, 0.15) is 23.5 Å². The van der Waals surface area contributed by atoms with Crippen LogP contribution >= 0.6 is 11.6 Å². The third-order valence-electron chi connectivity index (χ3n) is 6.99. The normalized spacial score (nSPS) is 22.8. The van der Waals surface area contributed by atoms with Gasteiger partial charge in [-0.2, -0.15) is 9.57 Å². The summed E-state index contributed by atoms with van der Waals surface area (Å²) in [6, 6.07) is 9.46. The van der Waals surface area contributed by atoms with Gasteiger partial charge in [0, 0.05) is 29.4 Å². The number of carbonyl (C=O) groups is 1. The molecule has 13 heteroatoms. The lowest BCUT2D eigenvalue weighted by Gasteiger charge is -2.43. The molecule has 2 aliphatic rings. The molecule has 0 aromatic heterocycles. The van der Waals surface area contributed by atoms with Crippen LogP contribution in [-0.2, 0) is 14.8 Å². The Hall–Kier alpha value is -3.37. The number of nitriles is 1. The van der Waals surface area contributed by atoms with Crippen molar-refractivity contribution in [2.75, 3.05) is 18.4 Å². The van der Waals surface area contributed by atoms with E-state index in [2.05, 4.69) is 20.9 Å². The second kappa shape index (κ2) is 12.0. The highest BCUT2D eigenvalue weighted by atomic mass is 35.5. The summed E-state index contributed by atoms with van der Waals surface area (Å²) in [7, 11) is -4.07. The largest absolute Gasteiger partial charge is 0.485 e. The minimum atomic E-state index is -4.07. The third-order valence-corrected chi connectivity index (χ3v) is 9.15. The van der Waals surface area contributed by atoms with Crippen LogP contribution in [0.25, 0.3) is 0 Å². The highest BCUT2D eigenvalue weighted by molar-refractivity contribution is 7.89. The van der Waals surface area contributed by atoms with Gasteiger partial charge in [0.2, 0.25) is 28.1 Å². The Kier molecular flexibility index (Phi) is 8.90. The Morgan fingerprint density at radius 2 is 1.98 bits per heavy atom. The van der Waals surface area contributed by atoms with Gasteiger partial charge in [-0.15, -0.1) is 4.99 Å². The number of amides is 1. The fourth-order valence-electron chi connectivity index (χ4n) is 4.94. The molecule has 0 spiro atoms. The quantitative estimate of drug-likeness (QED) is 0.228. The molecule has 2 aromatic carbocycles. The Bertz CT molecular complexity index is 1420. The van der Waals surface area contributed by atoms with Crippen LogP contribution in [0.15, 0.2) is 52.4 Å². The van der Waals surface area contributed by atoms with E-state index < -0.39 is 33.8 Å². The number of ether oxygens (including phenoxy) is 1. The predicted octanol–water partition coefficient (Wildman–Crippen LogP) is 3.13. The van der Waals surface area contributed by atoms with Crippen LogP contribution in [-0.4, -0.2) is 60.5 Å². The van der Waals surface area contributed by atoms with Gasteiger partial charge in [-0.3, -0.25) is 4.79 Å². The van der Waals surface area contributed by atoms with Crippen LogP contribution in [0.2, 0.25) is 5.02 Å². The maximum atomic E-state index is 13.8. The fourth-order valence-corrected chi connectivity index (χ4v) is 6.76. The van der Waals surface area contributed by atoms with E-state index in [9.17, 15) is 23.6 Å². The summed E-state index contributed by atoms with van der Waals surface area (Å²) in [5.74, 6) is 0.0843. The van der Waals surface area contributed by atoms with Crippen LogP contribution in [0.1, 0.15) is 51.6 Å². The number of hydrogen-bond donors (Lipinski definition) is 4. The number of benzene rings is 2. The maximum absolute atomic E-state index is 13.8. The van der Waals surface area contributed by atoms with E-state index in [1.807, 2.05) is 0 Å². The molecule has 4 rings (SSSR count). The Morgan fingerprint density at radius 1 is 1.25 bits per heavy atom. The number of rotatable bonds is 6. The molecule has 214 valence electrons. The van der Waals surface area contributed by atoms with Gasteiger partial charge in [-0.1, -0.05) is 18.0 Å². The van der Waals surface area contributed by atoms with Gasteiger partial charge < -0.3 is 25.8 Å². The lowest BCUT2D eigenvalue weighted by molar-refractivity contribution is -0.125. The minimum Gasteiger partial charge on any atom is -0.485 e. The van der Waals surface area contributed by atoms with Gasteiger partial charge in [-0.25, -0.2) is 8.42 Å². The topological polar surface area (TPSA) is 156 Å². The second-order valence-corrected chi connectivity index (χ2v) is 12.5. The number of carbonyl (C=O) groups excluding carboxylic acids is 1. The maximum Gasteiger partial charge on any atom is 0.243 e. The molecular weight excluding hydrogens is 556 g/mol. The molecule has 2 aliphatic heterocycles. The highest BCUT2D eigenvalue weighted by Gasteiger charge is 2.45. The van der Waals surface area contributed by atoms with Crippen LogP contribution in [0.4, 0.5) is 5.69 Å². The number of aliphatic hydroxyl groups is 1. The van der Waals surface area contributed by atoms with E-state index in [-0.39, 0.29) is 23.3 Å². The number of nitrogens with zero attached hydrogens (tertiary/aromatic N) is 3. The molecule has 11 nitrogen and oxygen atoms in total. The lowest BCUT2D eigenvalue weighted by atomic mass is 9.86. The van der Waals surface area contributed by atoms with E-state index in [1.165, 1.54) is 16.4 Å². The van der Waals surface area contributed by atoms with E-state index in [1.54, 1.807) is 57.3 Å². The number of sulfonamides is 1. The van der Waals surface area contributed by atoms with Gasteiger partial charge in [0.15, 0.2) is 0 Å². The summed E-state index contributed by atoms with van der Waals surface area (Å²) in [4.78, 5) is 16.5. The van der Waals surface area contributed by atoms with E-state index in [0.717, 1.165) is 6.42 Å². The molecule has 4 N–H and O–H groups in total. The Labute approximate surface area is 239 Å². The molecule has 1 amide bonds. The molecule has 40 heavy (non-hydrogen) atoms. The van der Waals surface area contributed by atoms with Gasteiger partial charge in [0.05, 0.1) is 10.9 Å². The highest BCUT2D eigenvalue weighted by Crippen LogP contribution is 2.41. The smallest absolute Gasteiger partial charge is 0.243 e. The number of likely N-dealkylation sites (N-methyl/N-ethyl adjacent to an activating group) is 1. The van der Waals surface area contributed by atoms with Gasteiger partial charge >= 0.3 is 0 Å². The summed E-state index contributed by atoms with van der Waals surface area (Å²) in [6.45, 7) is 5.82. The van der Waals surface area contributed by atoms with E-state index >= 15 is 0 Å². The molecule has 2 heterocycles. The molecule has 0 saturated carbocycles. The molecule has 3 unspecified atom stereocenters. The predicted molar refractivity (Wildman–Crippen MR) is 151 cm³/mol. The summed E-state index contributed by atoms with van der Waals surface area (Å²) in [5, 5.41) is 29.9. The lowest BCUT2D eigenvalue weighted by Crippen LogP contribution is -2.54. The number of hydrogen-bond acceptors (Lipinski definition) is 7. The molecule has 0 aliphatic carbocycles. The molecular formula is C27H33ClN6O5S. The number of anilines is 1. The number of piperidine rings is 1. The monoisotopic (exact) mass is 588 g/mol. The zero-order valence-electron chi connectivity index (χ0n) is 22.5. The van der Waals surface area contributed by atoms with Crippen molar-refractivity contribution in [3.05, 3.63) is 53.1 Å². The second-order valence-electron chi connectivity index (χ2n) is 10.2. The Morgan fingerprint density at radius 3 is 2.65 bits per heavy atom. The summed E-state index contributed by atoms with van der Waals surface area (Å²) < 4.78 is 35.0. The first-order valence-electron chi connectivity index (χ1n) is 13.0. The van der Waals surface area contributed by atoms with Gasteiger partial charge in [0.25, 0.3) is 0 Å². The average molecular weight is 589 g/mol. The van der Waals surface area contributed by atoms with Crippen molar-refractivity contribution in [3.63, 3.8) is 0 Å². The van der Waals surface area contributed by atoms with Crippen molar-refractivity contribution in [1.29, 1.82) is 5.26 Å². The summed E-state index contributed by atoms with van der Waals surface area (Å²) in [6.07, 6.45) is 2.40. The fraction of sp³-hybridized carbons (Fsp3) is 0.444. The molecule has 1 saturated heterocycles. The zero-order chi connectivity index (χ0) is 29.1. The number of aliphatic imine (C=N–C) groups is 1. The standard InChI is InChI=1S/C27H33ClN6O5S/c1-4-30-25(36)21-7-5-6-14-34(21)40(37,38)19-12-13-22-20(15-19)23(24(35)27(2,3)39-22)33-26(31-16-29)32-18-10-8-17(28)9-11-18/h8-13,15,21,23-24,35H,4-7,14H2,1-3H3,(H,30,36)(H2,31,32,33). The molecule has 0 bridgehead atoms. The first kappa shape index (κ1) is 29.6. The molecule has 3 atom stereocenters. The van der Waals surface area contributed by atoms with Crippen molar-refractivity contribution in [2.24, 2.45) is 4.99 Å². The first-order chi connectivity index (χ1) is 19.0. The number of halogens is 1. The third kappa shape index (κ3) is 6.18. The summed E-state index contributed by atoms with van der Waals surface area (Å²) in [5.41, 5.74) is -0.105. The number of nitrogens with one attached hydrogen (secondary N) is 3. The first-order valence-corrected chi connectivity index (χ1v) is 14.9. The summed E-state index contributed by atoms with van der Waals surface area (Å²) >= 11 is 5.97. The Balaban J connectivity index is 1.71. The van der Waals surface area contributed by atoms with Crippen molar-refractivity contribution < 1.29 is 23.1 Å². The SMILES string of the molecule is CCNC(=O)C1CCCCN1S(=O)(=O)c1ccc2c(c1)C(N/C(=N\C#N)Nc1ccc(Cl)cc1)C(O)C(C)(C)O2. The zero-order valence-corrected chi connectivity index (χ0v) is 24.1.